The Labute approximate surface area is 90.8 Å². The number of benzene rings is 1. The van der Waals surface area contributed by atoms with Crippen molar-refractivity contribution >= 4 is 6.08 Å². The maximum absolute atomic E-state index is 5.31. The number of allylic oxidation sites excluding steroid dienone is 2. The highest BCUT2D eigenvalue weighted by molar-refractivity contribution is 5.64. The number of rotatable bonds is 4. The molecule has 0 radical (unpaired) electrons. The summed E-state index contributed by atoms with van der Waals surface area (Å²) in [5.74, 6) is 1.50. The van der Waals surface area contributed by atoms with Crippen LogP contribution in [0, 0.1) is 6.92 Å². The monoisotopic (exact) mass is 204 g/mol. The van der Waals surface area contributed by atoms with Gasteiger partial charge in [0.15, 0.2) is 11.5 Å². The second-order valence-electron chi connectivity index (χ2n) is 3.18. The van der Waals surface area contributed by atoms with E-state index in [4.69, 9.17) is 9.47 Å². The van der Waals surface area contributed by atoms with Crippen molar-refractivity contribution in [1.82, 2.24) is 0 Å². The van der Waals surface area contributed by atoms with E-state index in [2.05, 4.69) is 6.58 Å². The predicted molar refractivity (Wildman–Crippen MR) is 63.5 cm³/mol. The second kappa shape index (κ2) is 5.25. The molecule has 0 fully saturated rings. The van der Waals surface area contributed by atoms with Gasteiger partial charge in [-0.05, 0) is 24.6 Å². The van der Waals surface area contributed by atoms with Crippen LogP contribution in [-0.4, -0.2) is 14.2 Å². The fourth-order valence-corrected chi connectivity index (χ4v) is 1.43. The lowest BCUT2D eigenvalue weighted by Gasteiger charge is -2.11. The minimum absolute atomic E-state index is 0.751. The highest BCUT2D eigenvalue weighted by Crippen LogP contribution is 2.33. The predicted octanol–water partition coefficient (Wildman–Crippen LogP) is 3.21. The van der Waals surface area contributed by atoms with Crippen LogP contribution in [0.25, 0.3) is 6.08 Å². The van der Waals surface area contributed by atoms with Gasteiger partial charge in [0.2, 0.25) is 0 Å². The van der Waals surface area contributed by atoms with Gasteiger partial charge >= 0.3 is 0 Å². The van der Waals surface area contributed by atoms with E-state index >= 15 is 0 Å². The van der Waals surface area contributed by atoms with Crippen molar-refractivity contribution in [2.24, 2.45) is 0 Å². The van der Waals surface area contributed by atoms with E-state index in [0.29, 0.717) is 0 Å². The Hall–Kier alpha value is -1.70. The normalized spacial score (nSPS) is 10.3. The molecule has 1 aromatic carbocycles. The van der Waals surface area contributed by atoms with E-state index < -0.39 is 0 Å². The van der Waals surface area contributed by atoms with Gasteiger partial charge in [0.05, 0.1) is 14.2 Å². The molecule has 0 aliphatic heterocycles. The first kappa shape index (κ1) is 11.4. The zero-order valence-corrected chi connectivity index (χ0v) is 9.41. The number of aryl methyl sites for hydroxylation is 1. The molecular weight excluding hydrogens is 188 g/mol. The Morgan fingerprint density at radius 2 is 1.93 bits per heavy atom. The zero-order valence-electron chi connectivity index (χ0n) is 9.41. The van der Waals surface area contributed by atoms with E-state index in [1.54, 1.807) is 20.3 Å². The first-order valence-corrected chi connectivity index (χ1v) is 4.74. The Bertz CT molecular complexity index is 378. The van der Waals surface area contributed by atoms with E-state index in [-0.39, 0.29) is 0 Å². The third-order valence-electron chi connectivity index (χ3n) is 2.06. The van der Waals surface area contributed by atoms with Crippen molar-refractivity contribution in [3.8, 4) is 11.5 Å². The molecule has 15 heavy (non-hydrogen) atoms. The van der Waals surface area contributed by atoms with Crippen molar-refractivity contribution in [3.05, 3.63) is 42.0 Å². The molecule has 0 unspecified atom stereocenters. The number of hydrogen-bond donors (Lipinski definition) is 0. The molecular formula is C13H16O2. The summed E-state index contributed by atoms with van der Waals surface area (Å²) in [7, 11) is 3.27. The molecule has 2 nitrogen and oxygen atoms in total. The van der Waals surface area contributed by atoms with E-state index in [1.807, 2.05) is 31.2 Å². The summed E-state index contributed by atoms with van der Waals surface area (Å²) in [6.45, 7) is 5.66. The van der Waals surface area contributed by atoms with Crippen molar-refractivity contribution < 1.29 is 9.47 Å². The lowest BCUT2D eigenvalue weighted by atomic mass is 10.1. The molecule has 0 amide bonds. The van der Waals surface area contributed by atoms with Gasteiger partial charge in [0, 0.05) is 5.56 Å². The standard InChI is InChI=1S/C13H16O2/c1-5-6-7-11-8-10(2)9-12(14-3)13(11)15-4/h5-9H,1H2,2-4H3/b7-6+. The van der Waals surface area contributed by atoms with Crippen LogP contribution in [0.1, 0.15) is 11.1 Å². The Morgan fingerprint density at radius 3 is 2.47 bits per heavy atom. The second-order valence-corrected chi connectivity index (χ2v) is 3.18. The van der Waals surface area contributed by atoms with Crippen molar-refractivity contribution in [2.75, 3.05) is 14.2 Å². The van der Waals surface area contributed by atoms with Gasteiger partial charge in [0.1, 0.15) is 0 Å². The summed E-state index contributed by atoms with van der Waals surface area (Å²) in [4.78, 5) is 0. The molecule has 2 heteroatoms. The fraction of sp³-hybridized carbons (Fsp3) is 0.231. The minimum atomic E-state index is 0.751. The highest BCUT2D eigenvalue weighted by atomic mass is 16.5. The lowest BCUT2D eigenvalue weighted by Crippen LogP contribution is -1.94. The lowest BCUT2D eigenvalue weighted by molar-refractivity contribution is 0.354. The van der Waals surface area contributed by atoms with E-state index in [9.17, 15) is 0 Å². The zero-order chi connectivity index (χ0) is 11.3. The molecule has 1 rings (SSSR count). The maximum atomic E-state index is 5.31. The van der Waals surface area contributed by atoms with Gasteiger partial charge in [0.25, 0.3) is 0 Å². The molecule has 0 N–H and O–H groups in total. The Balaban J connectivity index is 3.27. The van der Waals surface area contributed by atoms with Crippen molar-refractivity contribution in [2.45, 2.75) is 6.92 Å². The highest BCUT2D eigenvalue weighted by Gasteiger charge is 2.08. The largest absolute Gasteiger partial charge is 0.493 e. The molecule has 0 saturated heterocycles. The summed E-state index contributed by atoms with van der Waals surface area (Å²) in [5.41, 5.74) is 2.13. The van der Waals surface area contributed by atoms with Gasteiger partial charge in [-0.3, -0.25) is 0 Å². The molecule has 1 aromatic rings. The first-order valence-electron chi connectivity index (χ1n) is 4.74. The first-order chi connectivity index (χ1) is 7.22. The average Bonchev–Trinajstić information content (AvgIpc) is 2.25. The molecule has 0 aliphatic carbocycles. The summed E-state index contributed by atoms with van der Waals surface area (Å²) in [6.07, 6.45) is 5.55. The molecule has 80 valence electrons. The van der Waals surface area contributed by atoms with Crippen LogP contribution in [0.5, 0.6) is 11.5 Å². The third kappa shape index (κ3) is 2.62. The molecule has 0 bridgehead atoms. The quantitative estimate of drug-likeness (QED) is 0.701. The van der Waals surface area contributed by atoms with Crippen molar-refractivity contribution in [1.29, 1.82) is 0 Å². The summed E-state index contributed by atoms with van der Waals surface area (Å²) < 4.78 is 10.6. The third-order valence-corrected chi connectivity index (χ3v) is 2.06. The summed E-state index contributed by atoms with van der Waals surface area (Å²) in [6, 6.07) is 3.99. The summed E-state index contributed by atoms with van der Waals surface area (Å²) >= 11 is 0. The molecule has 0 aliphatic rings. The van der Waals surface area contributed by atoms with E-state index in [1.165, 1.54) is 0 Å². The van der Waals surface area contributed by atoms with Gasteiger partial charge in [-0.25, -0.2) is 0 Å². The summed E-state index contributed by atoms with van der Waals surface area (Å²) in [5, 5.41) is 0. The number of ether oxygens (including phenoxy) is 2. The van der Waals surface area contributed by atoms with Gasteiger partial charge in [-0.2, -0.15) is 0 Å². The molecule has 0 atom stereocenters. The number of hydrogen-bond acceptors (Lipinski definition) is 2. The van der Waals surface area contributed by atoms with Gasteiger partial charge in [-0.1, -0.05) is 24.8 Å². The van der Waals surface area contributed by atoms with Crippen molar-refractivity contribution in [3.63, 3.8) is 0 Å². The van der Waals surface area contributed by atoms with Crippen LogP contribution < -0.4 is 9.47 Å². The van der Waals surface area contributed by atoms with E-state index in [0.717, 1.165) is 22.6 Å². The van der Waals surface area contributed by atoms with Crippen LogP contribution >= 0.6 is 0 Å². The van der Waals surface area contributed by atoms with Gasteiger partial charge in [-0.15, -0.1) is 0 Å². The molecule has 0 saturated carbocycles. The Kier molecular flexibility index (Phi) is 3.98. The smallest absolute Gasteiger partial charge is 0.167 e. The fourth-order valence-electron chi connectivity index (χ4n) is 1.43. The topological polar surface area (TPSA) is 18.5 Å². The van der Waals surface area contributed by atoms with Crippen LogP contribution in [0.2, 0.25) is 0 Å². The molecule has 0 heterocycles. The van der Waals surface area contributed by atoms with Crippen LogP contribution in [-0.2, 0) is 0 Å². The van der Waals surface area contributed by atoms with Gasteiger partial charge < -0.3 is 9.47 Å². The molecule has 0 spiro atoms. The maximum Gasteiger partial charge on any atom is 0.167 e. The SMILES string of the molecule is C=C/C=C/c1cc(C)cc(OC)c1OC. The van der Waals surface area contributed by atoms with Crippen LogP contribution in [0.4, 0.5) is 0 Å². The Morgan fingerprint density at radius 1 is 1.20 bits per heavy atom. The van der Waals surface area contributed by atoms with Crippen LogP contribution in [0.15, 0.2) is 30.9 Å². The average molecular weight is 204 g/mol. The number of methoxy groups -OCH3 is 2. The minimum Gasteiger partial charge on any atom is -0.493 e. The molecule has 0 aromatic heterocycles. The van der Waals surface area contributed by atoms with Crippen LogP contribution in [0.3, 0.4) is 0 Å².